The summed E-state index contributed by atoms with van der Waals surface area (Å²) in [6, 6.07) is 19.3. The average Bonchev–Trinajstić information content (AvgIpc) is 3.50. The summed E-state index contributed by atoms with van der Waals surface area (Å²) < 4.78 is 20.6. The molecule has 2 aromatic carbocycles. The topological polar surface area (TPSA) is 70.4 Å². The zero-order valence-electron chi connectivity index (χ0n) is 20.9. The number of halogens is 2. The molecule has 0 saturated carbocycles. The number of furan rings is 1. The maximum absolute atomic E-state index is 13.6. The molecular weight excluding hydrogens is 567 g/mol. The molecule has 5 rings (SSSR count). The Labute approximate surface area is 234 Å². The van der Waals surface area contributed by atoms with Gasteiger partial charge in [0.05, 0.1) is 11.7 Å². The highest BCUT2D eigenvalue weighted by atomic mass is 79.9. The van der Waals surface area contributed by atoms with Gasteiger partial charge in [0, 0.05) is 34.9 Å². The number of benzene rings is 2. The van der Waals surface area contributed by atoms with E-state index in [1.807, 2.05) is 67.3 Å². The maximum atomic E-state index is 13.6. The van der Waals surface area contributed by atoms with E-state index < -0.39 is 0 Å². The lowest BCUT2D eigenvalue weighted by atomic mass is 10.0. The van der Waals surface area contributed by atoms with E-state index in [1.54, 1.807) is 12.3 Å². The highest BCUT2D eigenvalue weighted by molar-refractivity contribution is 9.10. The van der Waals surface area contributed by atoms with Gasteiger partial charge in [-0.15, -0.1) is 0 Å². The second kappa shape index (κ2) is 11.0. The Morgan fingerprint density at radius 3 is 2.76 bits per heavy atom. The first-order valence-corrected chi connectivity index (χ1v) is 13.4. The van der Waals surface area contributed by atoms with Crippen LogP contribution >= 0.6 is 28.1 Å². The zero-order chi connectivity index (χ0) is 26.8. The van der Waals surface area contributed by atoms with E-state index >= 15 is 0 Å². The van der Waals surface area contributed by atoms with Crippen LogP contribution in [0.3, 0.4) is 0 Å². The van der Waals surface area contributed by atoms with Gasteiger partial charge in [0.25, 0.3) is 0 Å². The molecule has 0 unspecified atom stereocenters. The number of aryl methyl sites for hydroxylation is 2. The van der Waals surface area contributed by atoms with Crippen LogP contribution in [0.5, 0.6) is 0 Å². The third-order valence-corrected chi connectivity index (χ3v) is 7.57. The summed E-state index contributed by atoms with van der Waals surface area (Å²) in [5, 5.41) is 6.91. The number of aromatic nitrogens is 1. The Kier molecular flexibility index (Phi) is 7.58. The van der Waals surface area contributed by atoms with Crippen molar-refractivity contribution in [3.63, 3.8) is 0 Å². The fourth-order valence-electron chi connectivity index (χ4n) is 4.61. The highest BCUT2D eigenvalue weighted by Gasteiger charge is 2.41. The number of hydrogen-bond donors (Lipinski definition) is 2. The van der Waals surface area contributed by atoms with Gasteiger partial charge < -0.3 is 20.0 Å². The highest BCUT2D eigenvalue weighted by Crippen LogP contribution is 2.41. The molecule has 1 amide bonds. The summed E-state index contributed by atoms with van der Waals surface area (Å²) in [6.07, 6.45) is 1.97. The number of amides is 1. The van der Waals surface area contributed by atoms with Crippen LogP contribution in [0, 0.1) is 19.7 Å². The molecule has 3 heterocycles. The predicted octanol–water partition coefficient (Wildman–Crippen LogP) is 6.86. The molecule has 6 nitrogen and oxygen atoms in total. The largest absolute Gasteiger partial charge is 0.459 e. The van der Waals surface area contributed by atoms with Gasteiger partial charge in [-0.3, -0.25) is 9.78 Å². The van der Waals surface area contributed by atoms with Crippen molar-refractivity contribution in [3.8, 4) is 11.3 Å². The number of hydrogen-bond acceptors (Lipinski definition) is 4. The van der Waals surface area contributed by atoms with Gasteiger partial charge >= 0.3 is 0 Å². The Morgan fingerprint density at radius 1 is 1.16 bits per heavy atom. The standard InChI is InChI=1S/C29H26BrFN4O2S/c1-17-6-7-18(2)23(15-17)33-26(36)12-14-35-28(27(34-29(35)38)22-5-3-4-13-32-22)25-11-10-24(37-25)20-9-8-19(31)16-21(20)30/h3-11,13,15-16,27-28H,12,14H2,1-2H3,(H,33,36)(H,34,38)/t27-,28+/m0/s1. The molecule has 2 aromatic heterocycles. The van der Waals surface area contributed by atoms with Crippen LogP contribution in [-0.2, 0) is 4.79 Å². The summed E-state index contributed by atoms with van der Waals surface area (Å²) in [6.45, 7) is 4.34. The van der Waals surface area contributed by atoms with E-state index in [4.69, 9.17) is 16.6 Å². The van der Waals surface area contributed by atoms with Crippen molar-refractivity contribution in [3.05, 3.63) is 106 Å². The number of anilines is 1. The third-order valence-electron chi connectivity index (χ3n) is 6.56. The minimum absolute atomic E-state index is 0.100. The second-order valence-corrected chi connectivity index (χ2v) is 10.5. The van der Waals surface area contributed by atoms with Crippen LogP contribution in [0.1, 0.15) is 41.1 Å². The number of pyridine rings is 1. The third kappa shape index (κ3) is 5.49. The first kappa shape index (κ1) is 26.1. The molecule has 1 fully saturated rings. The molecule has 2 atom stereocenters. The number of carbonyl (C=O) groups excluding carboxylic acids is 1. The molecular formula is C29H26BrFN4O2S. The van der Waals surface area contributed by atoms with E-state index in [1.165, 1.54) is 12.1 Å². The molecule has 2 N–H and O–H groups in total. The van der Waals surface area contributed by atoms with E-state index in [-0.39, 0.29) is 30.2 Å². The first-order chi connectivity index (χ1) is 18.3. The molecule has 1 aliphatic rings. The van der Waals surface area contributed by atoms with Crippen molar-refractivity contribution in [1.82, 2.24) is 15.2 Å². The number of nitrogens with one attached hydrogen (secondary N) is 2. The van der Waals surface area contributed by atoms with Crippen LogP contribution in [0.25, 0.3) is 11.3 Å². The van der Waals surface area contributed by atoms with Gasteiger partial charge in [-0.25, -0.2) is 4.39 Å². The van der Waals surface area contributed by atoms with Gasteiger partial charge in [-0.05, 0) is 102 Å². The summed E-state index contributed by atoms with van der Waals surface area (Å²) >= 11 is 9.14. The fraction of sp³-hybridized carbons (Fsp3) is 0.207. The molecule has 9 heteroatoms. The van der Waals surface area contributed by atoms with Crippen molar-refractivity contribution >= 4 is 44.9 Å². The van der Waals surface area contributed by atoms with Crippen LogP contribution < -0.4 is 10.6 Å². The van der Waals surface area contributed by atoms with Gasteiger partial charge in [0.1, 0.15) is 23.4 Å². The lowest BCUT2D eigenvalue weighted by molar-refractivity contribution is -0.116. The quantitative estimate of drug-likeness (QED) is 0.228. The monoisotopic (exact) mass is 592 g/mol. The molecule has 38 heavy (non-hydrogen) atoms. The summed E-state index contributed by atoms with van der Waals surface area (Å²) in [7, 11) is 0. The van der Waals surface area contributed by atoms with Gasteiger partial charge in [-0.2, -0.15) is 0 Å². The van der Waals surface area contributed by atoms with Crippen molar-refractivity contribution in [2.24, 2.45) is 0 Å². The van der Waals surface area contributed by atoms with Gasteiger partial charge in [-0.1, -0.05) is 18.2 Å². The number of rotatable bonds is 7. The smallest absolute Gasteiger partial charge is 0.226 e. The second-order valence-electron chi connectivity index (χ2n) is 9.26. The van der Waals surface area contributed by atoms with Gasteiger partial charge in [0.15, 0.2) is 5.11 Å². The number of nitrogens with zero attached hydrogens (tertiary/aromatic N) is 2. The normalized spacial score (nSPS) is 16.9. The van der Waals surface area contributed by atoms with E-state index in [0.717, 1.165) is 28.1 Å². The van der Waals surface area contributed by atoms with Crippen LogP contribution in [0.15, 0.2) is 81.8 Å². The Balaban J connectivity index is 1.41. The molecule has 4 aromatic rings. The molecule has 0 aliphatic carbocycles. The minimum atomic E-state index is -0.335. The van der Waals surface area contributed by atoms with Crippen LogP contribution in [0.4, 0.5) is 10.1 Å². The lowest BCUT2D eigenvalue weighted by Crippen LogP contribution is -2.32. The van der Waals surface area contributed by atoms with Crippen molar-refractivity contribution in [1.29, 1.82) is 0 Å². The number of thiocarbonyl (C=S) groups is 1. The van der Waals surface area contributed by atoms with E-state index in [0.29, 0.717) is 27.7 Å². The molecule has 0 spiro atoms. The number of carbonyl (C=O) groups is 1. The maximum Gasteiger partial charge on any atom is 0.226 e. The molecule has 1 aliphatic heterocycles. The molecule has 0 bridgehead atoms. The van der Waals surface area contributed by atoms with Crippen LogP contribution in [0.2, 0.25) is 0 Å². The minimum Gasteiger partial charge on any atom is -0.459 e. The van der Waals surface area contributed by atoms with E-state index in [9.17, 15) is 9.18 Å². The molecule has 194 valence electrons. The molecule has 1 saturated heterocycles. The zero-order valence-corrected chi connectivity index (χ0v) is 23.3. The summed E-state index contributed by atoms with van der Waals surface area (Å²) in [5.74, 6) is 0.821. The summed E-state index contributed by atoms with van der Waals surface area (Å²) in [4.78, 5) is 19.4. The van der Waals surface area contributed by atoms with E-state index in [2.05, 4.69) is 31.5 Å². The fourth-order valence-corrected chi connectivity index (χ4v) is 5.48. The van der Waals surface area contributed by atoms with Crippen molar-refractivity contribution in [2.75, 3.05) is 11.9 Å². The Bertz CT molecular complexity index is 1490. The predicted molar refractivity (Wildman–Crippen MR) is 153 cm³/mol. The van der Waals surface area contributed by atoms with Crippen molar-refractivity contribution < 1.29 is 13.6 Å². The van der Waals surface area contributed by atoms with Crippen LogP contribution in [-0.4, -0.2) is 27.4 Å². The summed E-state index contributed by atoms with van der Waals surface area (Å²) in [5.41, 5.74) is 4.43. The molecule has 0 radical (unpaired) electrons. The first-order valence-electron chi connectivity index (χ1n) is 12.2. The van der Waals surface area contributed by atoms with Gasteiger partial charge in [0.2, 0.25) is 5.91 Å². The Hall–Kier alpha value is -3.56. The van der Waals surface area contributed by atoms with Crippen molar-refractivity contribution in [2.45, 2.75) is 32.4 Å². The average molecular weight is 594 g/mol. The SMILES string of the molecule is Cc1ccc(C)c(NC(=O)CCN2C(=S)N[C@@H](c3ccccn3)[C@H]2c2ccc(-c3ccc(F)cc3Br)o2)c1. The Morgan fingerprint density at radius 2 is 2.00 bits per heavy atom. The lowest BCUT2D eigenvalue weighted by Gasteiger charge is -2.26.